The Morgan fingerprint density at radius 3 is 1.67 bits per heavy atom. The summed E-state index contributed by atoms with van der Waals surface area (Å²) in [4.78, 5) is 0. The first kappa shape index (κ1) is 11.8. The Hall–Kier alpha value is 0.0400. The van der Waals surface area contributed by atoms with Crippen LogP contribution in [0.4, 0.5) is 0 Å². The van der Waals surface area contributed by atoms with E-state index in [0.29, 0.717) is 0 Å². The lowest BCUT2D eigenvalue weighted by Gasteiger charge is -1.82. The summed E-state index contributed by atoms with van der Waals surface area (Å²) in [5.41, 5.74) is 0. The van der Waals surface area contributed by atoms with Gasteiger partial charge in [0.25, 0.3) is 0 Å². The molecular weight excluding hydrogens is 148 g/mol. The van der Waals surface area contributed by atoms with Crippen molar-refractivity contribution < 1.29 is 0 Å². The van der Waals surface area contributed by atoms with Crippen molar-refractivity contribution in [3.05, 3.63) is 30.3 Å². The standard InChI is InChI=1S/C6H7P.H3N.H3P/c7-6-4-2-1-3-5-6;;/h1-5H,7H2;2*1H3. The topological polar surface area (TPSA) is 35.0 Å². The SMILES string of the molecule is N.P.Pc1ccccc1. The van der Waals surface area contributed by atoms with E-state index in [1.54, 1.807) is 0 Å². The molecule has 1 nitrogen and oxygen atoms in total. The third-order valence-electron chi connectivity index (χ3n) is 0.800. The van der Waals surface area contributed by atoms with Crippen LogP contribution in [0.15, 0.2) is 30.3 Å². The molecule has 0 fully saturated rings. The fourth-order valence-electron chi connectivity index (χ4n) is 0.453. The zero-order valence-electron chi connectivity index (χ0n) is 5.38. The van der Waals surface area contributed by atoms with Crippen LogP contribution in [0.3, 0.4) is 0 Å². The molecule has 0 aliphatic carbocycles. The van der Waals surface area contributed by atoms with Crippen molar-refractivity contribution in [3.8, 4) is 0 Å². The van der Waals surface area contributed by atoms with Crippen LogP contribution in [0, 0.1) is 0 Å². The first-order valence-electron chi connectivity index (χ1n) is 2.20. The molecule has 2 atom stereocenters. The third kappa shape index (κ3) is 4.54. The molecule has 52 valence electrons. The van der Waals surface area contributed by atoms with Gasteiger partial charge < -0.3 is 6.15 Å². The average molecular weight is 161 g/mol. The molecule has 1 aromatic carbocycles. The molecule has 3 N–H and O–H groups in total. The molecular formula is C6H13NP2. The average Bonchev–Trinajstić information content (AvgIpc) is 1.69. The van der Waals surface area contributed by atoms with Crippen LogP contribution in [0.2, 0.25) is 0 Å². The Labute approximate surface area is 61.6 Å². The smallest absolute Gasteiger partial charge is 0.0303 e. The number of rotatable bonds is 0. The van der Waals surface area contributed by atoms with Crippen molar-refractivity contribution in [1.29, 1.82) is 0 Å². The van der Waals surface area contributed by atoms with Crippen LogP contribution in [0.1, 0.15) is 0 Å². The molecule has 0 aromatic heterocycles. The van der Waals surface area contributed by atoms with Crippen LogP contribution in [-0.2, 0) is 0 Å². The van der Waals surface area contributed by atoms with E-state index in [9.17, 15) is 0 Å². The summed E-state index contributed by atoms with van der Waals surface area (Å²) in [6.45, 7) is 0. The lowest BCUT2D eigenvalue weighted by Crippen LogP contribution is -1.82. The van der Waals surface area contributed by atoms with Gasteiger partial charge >= 0.3 is 0 Å². The molecule has 0 aliphatic rings. The fraction of sp³-hybridized carbons (Fsp3) is 0. The van der Waals surface area contributed by atoms with Crippen LogP contribution in [0.25, 0.3) is 0 Å². The zero-order valence-corrected chi connectivity index (χ0v) is 7.95. The largest absolute Gasteiger partial charge is 0.344 e. The summed E-state index contributed by atoms with van der Waals surface area (Å²) in [5, 5.41) is 1.24. The molecule has 0 aliphatic heterocycles. The highest BCUT2D eigenvalue weighted by atomic mass is 31.0. The quantitative estimate of drug-likeness (QED) is 0.573. The van der Waals surface area contributed by atoms with Crippen molar-refractivity contribution in [1.82, 2.24) is 6.15 Å². The van der Waals surface area contributed by atoms with Gasteiger partial charge in [0.2, 0.25) is 0 Å². The monoisotopic (exact) mass is 161 g/mol. The van der Waals surface area contributed by atoms with Crippen LogP contribution >= 0.6 is 19.1 Å². The highest BCUT2D eigenvalue weighted by Gasteiger charge is 1.72. The minimum atomic E-state index is 0. The van der Waals surface area contributed by atoms with Gasteiger partial charge in [-0.15, -0.1) is 9.24 Å². The maximum atomic E-state index is 2.63. The van der Waals surface area contributed by atoms with Crippen LogP contribution in [-0.4, -0.2) is 0 Å². The first-order valence-corrected chi connectivity index (χ1v) is 2.78. The normalized spacial score (nSPS) is 6.78. The molecule has 0 bridgehead atoms. The summed E-state index contributed by atoms with van der Waals surface area (Å²) in [5.74, 6) is 0. The van der Waals surface area contributed by atoms with Crippen LogP contribution < -0.4 is 11.5 Å². The second kappa shape index (κ2) is 6.16. The van der Waals surface area contributed by atoms with E-state index in [-0.39, 0.29) is 16.0 Å². The minimum Gasteiger partial charge on any atom is -0.344 e. The van der Waals surface area contributed by atoms with Crippen molar-refractivity contribution in [2.75, 3.05) is 0 Å². The fourth-order valence-corrected chi connectivity index (χ4v) is 0.675. The Morgan fingerprint density at radius 1 is 1.00 bits per heavy atom. The predicted molar refractivity (Wildman–Crippen MR) is 51.9 cm³/mol. The molecule has 9 heavy (non-hydrogen) atoms. The van der Waals surface area contributed by atoms with Crippen molar-refractivity contribution >= 4 is 24.4 Å². The Kier molecular flexibility index (Phi) is 8.08. The molecule has 1 aromatic rings. The maximum absolute atomic E-state index is 2.63. The number of benzene rings is 1. The second-order valence-electron chi connectivity index (χ2n) is 1.41. The lowest BCUT2D eigenvalue weighted by atomic mass is 10.4. The van der Waals surface area contributed by atoms with Gasteiger partial charge in [0.05, 0.1) is 0 Å². The van der Waals surface area contributed by atoms with E-state index in [2.05, 4.69) is 9.24 Å². The molecule has 0 radical (unpaired) electrons. The van der Waals surface area contributed by atoms with Gasteiger partial charge in [0.1, 0.15) is 0 Å². The van der Waals surface area contributed by atoms with Gasteiger partial charge in [-0.1, -0.05) is 30.3 Å². The summed E-state index contributed by atoms with van der Waals surface area (Å²) >= 11 is 0. The maximum Gasteiger partial charge on any atom is -0.0303 e. The van der Waals surface area contributed by atoms with Gasteiger partial charge in [-0.05, 0) is 5.30 Å². The summed E-state index contributed by atoms with van der Waals surface area (Å²) in [6, 6.07) is 10.1. The van der Waals surface area contributed by atoms with Crippen molar-refractivity contribution in [3.63, 3.8) is 0 Å². The predicted octanol–water partition coefficient (Wildman–Crippen LogP) is 1.41. The Bertz CT molecular complexity index is 141. The minimum absolute atomic E-state index is 0. The van der Waals surface area contributed by atoms with Crippen molar-refractivity contribution in [2.24, 2.45) is 0 Å². The van der Waals surface area contributed by atoms with E-state index >= 15 is 0 Å². The molecule has 3 heteroatoms. The highest BCUT2D eigenvalue weighted by molar-refractivity contribution is 7.27. The summed E-state index contributed by atoms with van der Waals surface area (Å²) < 4.78 is 0. The van der Waals surface area contributed by atoms with E-state index in [0.717, 1.165) is 0 Å². The second-order valence-corrected chi connectivity index (χ2v) is 2.08. The Balaban J connectivity index is 0. The molecule has 0 saturated carbocycles. The van der Waals surface area contributed by atoms with Gasteiger partial charge in [-0.3, -0.25) is 0 Å². The van der Waals surface area contributed by atoms with Crippen LogP contribution in [0.5, 0.6) is 0 Å². The van der Waals surface area contributed by atoms with Gasteiger partial charge in [-0.2, -0.15) is 9.90 Å². The third-order valence-corrected chi connectivity index (χ3v) is 1.18. The molecule has 0 saturated heterocycles. The Morgan fingerprint density at radius 2 is 1.44 bits per heavy atom. The molecule has 0 heterocycles. The van der Waals surface area contributed by atoms with E-state index in [1.165, 1.54) is 5.30 Å². The molecule has 1 rings (SSSR count). The highest BCUT2D eigenvalue weighted by Crippen LogP contribution is 1.86. The van der Waals surface area contributed by atoms with E-state index < -0.39 is 0 Å². The van der Waals surface area contributed by atoms with Gasteiger partial charge in [0, 0.05) is 0 Å². The first-order chi connectivity index (χ1) is 3.39. The summed E-state index contributed by atoms with van der Waals surface area (Å²) in [6.07, 6.45) is 0. The van der Waals surface area contributed by atoms with Gasteiger partial charge in [0.15, 0.2) is 0 Å². The molecule has 2 unspecified atom stereocenters. The summed E-state index contributed by atoms with van der Waals surface area (Å²) in [7, 11) is 2.63. The zero-order chi connectivity index (χ0) is 5.11. The van der Waals surface area contributed by atoms with E-state index in [4.69, 9.17) is 0 Å². The van der Waals surface area contributed by atoms with E-state index in [1.807, 2.05) is 30.3 Å². The number of hydrogen-bond donors (Lipinski definition) is 1. The van der Waals surface area contributed by atoms with Crippen molar-refractivity contribution in [2.45, 2.75) is 0 Å². The number of hydrogen-bond acceptors (Lipinski definition) is 1. The molecule has 0 amide bonds. The molecule has 0 spiro atoms. The lowest BCUT2D eigenvalue weighted by molar-refractivity contribution is 1.78. The van der Waals surface area contributed by atoms with Gasteiger partial charge in [-0.25, -0.2) is 0 Å².